The van der Waals surface area contributed by atoms with Gasteiger partial charge in [0, 0.05) is 19.7 Å². The first-order chi connectivity index (χ1) is 16.0. The van der Waals surface area contributed by atoms with Gasteiger partial charge < -0.3 is 19.7 Å². The summed E-state index contributed by atoms with van der Waals surface area (Å²) in [6.45, 7) is 2.86. The van der Waals surface area contributed by atoms with Crippen LogP contribution < -0.4 is 10.1 Å². The zero-order valence-corrected chi connectivity index (χ0v) is 21.1. The molecule has 0 aliphatic heterocycles. The van der Waals surface area contributed by atoms with Crippen molar-refractivity contribution < 1.29 is 19.1 Å². The van der Waals surface area contributed by atoms with Gasteiger partial charge in [-0.1, -0.05) is 54.6 Å². The van der Waals surface area contributed by atoms with Crippen LogP contribution in [0.3, 0.4) is 0 Å². The fraction of sp³-hybridized carbons (Fsp3) is 0.522. The van der Waals surface area contributed by atoms with Crippen LogP contribution in [-0.4, -0.2) is 54.0 Å². The normalized spacial score (nSPS) is 15.2. The first kappa shape index (κ1) is 25.7. The third-order valence-electron chi connectivity index (χ3n) is 5.62. The molecule has 0 bridgehead atoms. The number of carbonyl (C=O) groups is 2. The molecule has 7 nitrogen and oxygen atoms in total. The van der Waals surface area contributed by atoms with Gasteiger partial charge in [-0.25, -0.2) is 0 Å². The Labute approximate surface area is 208 Å². The molecule has 0 saturated heterocycles. The lowest BCUT2D eigenvalue weighted by Crippen LogP contribution is -2.48. The van der Waals surface area contributed by atoms with Crippen LogP contribution in [-0.2, 0) is 9.53 Å². The number of nitrogens with zero attached hydrogens (tertiary/aromatic N) is 2. The molecule has 1 aromatic heterocycles. The molecular weight excluding hydrogens is 485 g/mol. The predicted octanol–water partition coefficient (Wildman–Crippen LogP) is 5.13. The van der Waals surface area contributed by atoms with E-state index in [-0.39, 0.29) is 40.2 Å². The lowest BCUT2D eigenvalue weighted by Gasteiger charge is -2.33. The summed E-state index contributed by atoms with van der Waals surface area (Å²) >= 11 is 13.2. The van der Waals surface area contributed by atoms with Gasteiger partial charge in [0.15, 0.2) is 5.69 Å². The molecule has 1 heterocycles. The molecule has 1 N–H and O–H groups in total. The summed E-state index contributed by atoms with van der Waals surface area (Å²) in [6, 6.07) is 6.41. The Morgan fingerprint density at radius 3 is 2.48 bits per heavy atom. The van der Waals surface area contributed by atoms with E-state index in [4.69, 9.17) is 32.7 Å². The third kappa shape index (κ3) is 6.59. The largest absolute Gasteiger partial charge is 0.494 e. The molecule has 0 unspecified atom stereocenters. The zero-order valence-electron chi connectivity index (χ0n) is 18.8. The van der Waals surface area contributed by atoms with Crippen LogP contribution in [0.2, 0.25) is 9.36 Å². The quantitative estimate of drug-likeness (QED) is 0.476. The second-order valence-electron chi connectivity index (χ2n) is 7.86. The molecule has 180 valence electrons. The summed E-state index contributed by atoms with van der Waals surface area (Å²) in [5.41, 5.74) is 0.692. The Morgan fingerprint density at radius 1 is 1.21 bits per heavy atom. The van der Waals surface area contributed by atoms with Crippen LogP contribution >= 0.6 is 34.7 Å². The highest BCUT2D eigenvalue weighted by Crippen LogP contribution is 2.33. The Hall–Kier alpha value is -1.87. The SMILES string of the molecule is CCOc1ccc([C@@H](C(=O)NC2CCCCC2)N(CCOC)C(=O)c2nsc(Cl)c2Cl)cc1. The summed E-state index contributed by atoms with van der Waals surface area (Å²) in [5, 5.41) is 3.25. The van der Waals surface area contributed by atoms with Crippen molar-refractivity contribution in [3.05, 3.63) is 44.9 Å². The van der Waals surface area contributed by atoms with Crippen molar-refractivity contribution in [1.82, 2.24) is 14.6 Å². The smallest absolute Gasteiger partial charge is 0.276 e. The van der Waals surface area contributed by atoms with Crippen molar-refractivity contribution >= 4 is 46.5 Å². The summed E-state index contributed by atoms with van der Waals surface area (Å²) in [4.78, 5) is 28.6. The van der Waals surface area contributed by atoms with Gasteiger partial charge in [0.2, 0.25) is 5.91 Å². The minimum atomic E-state index is -0.887. The molecular formula is C23H29Cl2N3O4S. The van der Waals surface area contributed by atoms with Gasteiger partial charge in [-0.3, -0.25) is 9.59 Å². The molecule has 2 amide bonds. The van der Waals surface area contributed by atoms with Gasteiger partial charge in [-0.05, 0) is 49.0 Å². The Balaban J connectivity index is 1.97. The summed E-state index contributed by atoms with van der Waals surface area (Å²) < 4.78 is 15.1. The minimum absolute atomic E-state index is 0.0316. The highest BCUT2D eigenvalue weighted by atomic mass is 35.5. The van der Waals surface area contributed by atoms with Gasteiger partial charge >= 0.3 is 0 Å². The van der Waals surface area contributed by atoms with E-state index < -0.39 is 11.9 Å². The van der Waals surface area contributed by atoms with Gasteiger partial charge in [0.25, 0.3) is 5.91 Å². The van der Waals surface area contributed by atoms with Crippen molar-refractivity contribution in [2.24, 2.45) is 0 Å². The number of halogens is 2. The minimum Gasteiger partial charge on any atom is -0.494 e. The highest BCUT2D eigenvalue weighted by Gasteiger charge is 2.35. The van der Waals surface area contributed by atoms with E-state index >= 15 is 0 Å². The fourth-order valence-corrected chi connectivity index (χ4v) is 4.97. The molecule has 1 aromatic carbocycles. The van der Waals surface area contributed by atoms with Crippen LogP contribution in [0.4, 0.5) is 0 Å². The molecule has 1 aliphatic carbocycles. The van der Waals surface area contributed by atoms with Gasteiger partial charge in [0.05, 0.1) is 13.2 Å². The molecule has 3 rings (SSSR count). The third-order valence-corrected chi connectivity index (χ3v) is 7.23. The number of amides is 2. The number of ether oxygens (including phenoxy) is 2. The summed E-state index contributed by atoms with van der Waals surface area (Å²) in [6.07, 6.45) is 5.20. The molecule has 0 radical (unpaired) electrons. The number of rotatable bonds is 10. The number of methoxy groups -OCH3 is 1. The number of aromatic nitrogens is 1. The van der Waals surface area contributed by atoms with E-state index in [2.05, 4.69) is 9.69 Å². The molecule has 2 aromatic rings. The number of hydrogen-bond acceptors (Lipinski definition) is 6. The highest BCUT2D eigenvalue weighted by molar-refractivity contribution is 7.11. The molecule has 1 fully saturated rings. The first-order valence-electron chi connectivity index (χ1n) is 11.1. The van der Waals surface area contributed by atoms with Crippen molar-refractivity contribution in [3.63, 3.8) is 0 Å². The Kier molecular flexibility index (Phi) is 9.79. The van der Waals surface area contributed by atoms with E-state index in [1.165, 1.54) is 11.3 Å². The zero-order chi connectivity index (χ0) is 23.8. The number of hydrogen-bond donors (Lipinski definition) is 1. The molecule has 33 heavy (non-hydrogen) atoms. The molecule has 10 heteroatoms. The maximum Gasteiger partial charge on any atom is 0.276 e. The topological polar surface area (TPSA) is 80.8 Å². The van der Waals surface area contributed by atoms with E-state index in [9.17, 15) is 9.59 Å². The Morgan fingerprint density at radius 2 is 1.91 bits per heavy atom. The molecule has 1 saturated carbocycles. The maximum absolute atomic E-state index is 13.6. The maximum atomic E-state index is 13.6. The second kappa shape index (κ2) is 12.6. The standard InChI is InChI=1S/C23H29Cl2N3O4S/c1-3-32-17-11-9-15(10-12-17)20(22(29)26-16-7-5-4-6-8-16)28(13-14-31-2)23(30)19-18(24)21(25)33-27-19/h9-12,16,20H,3-8,13-14H2,1-2H3,(H,26,29)/t20-/m0/s1. The van der Waals surface area contributed by atoms with Crippen LogP contribution in [0.15, 0.2) is 24.3 Å². The van der Waals surface area contributed by atoms with Crippen LogP contribution in [0.5, 0.6) is 5.75 Å². The van der Waals surface area contributed by atoms with Gasteiger partial charge in [0.1, 0.15) is 21.2 Å². The monoisotopic (exact) mass is 513 g/mol. The average molecular weight is 514 g/mol. The molecule has 1 atom stereocenters. The van der Waals surface area contributed by atoms with Crippen molar-refractivity contribution in [3.8, 4) is 5.75 Å². The molecule has 0 spiro atoms. The van der Waals surface area contributed by atoms with E-state index in [1.807, 2.05) is 6.92 Å². The first-order valence-corrected chi connectivity index (χ1v) is 12.6. The lowest BCUT2D eigenvalue weighted by molar-refractivity contribution is -0.127. The van der Waals surface area contributed by atoms with E-state index in [0.29, 0.717) is 17.9 Å². The summed E-state index contributed by atoms with van der Waals surface area (Å²) in [7, 11) is 1.54. The number of carbonyl (C=O) groups excluding carboxylic acids is 2. The fourth-order valence-electron chi connectivity index (χ4n) is 3.98. The van der Waals surface area contributed by atoms with E-state index in [0.717, 1.165) is 37.2 Å². The van der Waals surface area contributed by atoms with Crippen LogP contribution in [0.1, 0.15) is 61.1 Å². The second-order valence-corrected chi connectivity index (χ2v) is 9.61. The van der Waals surface area contributed by atoms with E-state index in [1.54, 1.807) is 31.4 Å². The van der Waals surface area contributed by atoms with Crippen molar-refractivity contribution in [2.45, 2.75) is 51.1 Å². The molecule has 1 aliphatic rings. The van der Waals surface area contributed by atoms with Crippen LogP contribution in [0, 0.1) is 0 Å². The predicted molar refractivity (Wildman–Crippen MR) is 130 cm³/mol. The summed E-state index contributed by atoms with van der Waals surface area (Å²) in [5.74, 6) is -0.0253. The van der Waals surface area contributed by atoms with Gasteiger partial charge in [-0.2, -0.15) is 4.37 Å². The lowest BCUT2D eigenvalue weighted by atomic mass is 9.94. The average Bonchev–Trinajstić information content (AvgIpc) is 3.16. The van der Waals surface area contributed by atoms with Gasteiger partial charge in [-0.15, -0.1) is 0 Å². The van der Waals surface area contributed by atoms with Crippen molar-refractivity contribution in [1.29, 1.82) is 0 Å². The number of benzene rings is 1. The van der Waals surface area contributed by atoms with Crippen LogP contribution in [0.25, 0.3) is 0 Å². The van der Waals surface area contributed by atoms with Crippen molar-refractivity contribution in [2.75, 3.05) is 26.9 Å². The number of nitrogens with one attached hydrogen (secondary N) is 1. The Bertz CT molecular complexity index is 932.